The van der Waals surface area contributed by atoms with Crippen LogP contribution < -0.4 is 10.6 Å². The lowest BCUT2D eigenvalue weighted by molar-refractivity contribution is -0.124. The minimum Gasteiger partial charge on any atom is -0.421 e. The van der Waals surface area contributed by atoms with Crippen LogP contribution in [0.4, 0.5) is 5.69 Å². The molecule has 3 rings (SSSR count). The Labute approximate surface area is 169 Å². The third-order valence-corrected chi connectivity index (χ3v) is 4.45. The molecular formula is C22H24N4O3. The van der Waals surface area contributed by atoms with Crippen molar-refractivity contribution >= 4 is 17.5 Å². The Kier molecular flexibility index (Phi) is 6.73. The average molecular weight is 392 g/mol. The molecule has 0 fully saturated rings. The van der Waals surface area contributed by atoms with Gasteiger partial charge in [0.25, 0.3) is 0 Å². The second-order valence-electron chi connectivity index (χ2n) is 6.70. The lowest BCUT2D eigenvalue weighted by Crippen LogP contribution is -2.33. The molecule has 3 aromatic rings. The third-order valence-electron chi connectivity index (χ3n) is 4.45. The SMILES string of the molecule is CCc1ccccc1NC(=O)CNC(=O)CCc1nnc(-c2ccc(C)cc2)o1. The number of hydrogen-bond donors (Lipinski definition) is 2. The maximum absolute atomic E-state index is 12.1. The van der Waals surface area contributed by atoms with Crippen molar-refractivity contribution in [1.29, 1.82) is 0 Å². The van der Waals surface area contributed by atoms with E-state index in [-0.39, 0.29) is 24.8 Å². The van der Waals surface area contributed by atoms with Gasteiger partial charge in [-0.05, 0) is 37.1 Å². The summed E-state index contributed by atoms with van der Waals surface area (Å²) in [6.45, 7) is 3.94. The zero-order chi connectivity index (χ0) is 20.6. The molecule has 0 aliphatic rings. The van der Waals surface area contributed by atoms with Crippen LogP contribution in [0, 0.1) is 6.92 Å². The van der Waals surface area contributed by atoms with Crippen LogP contribution in [-0.2, 0) is 22.4 Å². The Morgan fingerprint density at radius 2 is 1.76 bits per heavy atom. The molecule has 0 saturated carbocycles. The standard InChI is InChI=1S/C22H24N4O3/c1-3-16-6-4-5-7-18(16)24-20(28)14-23-19(27)12-13-21-25-26-22(29-21)17-10-8-15(2)9-11-17/h4-11H,3,12-14H2,1-2H3,(H,23,27)(H,24,28). The van der Waals surface area contributed by atoms with Gasteiger partial charge >= 0.3 is 0 Å². The zero-order valence-corrected chi connectivity index (χ0v) is 16.6. The normalized spacial score (nSPS) is 10.6. The number of nitrogens with one attached hydrogen (secondary N) is 2. The minimum atomic E-state index is -0.265. The molecule has 0 spiro atoms. The number of para-hydroxylation sites is 1. The Morgan fingerprint density at radius 1 is 1.00 bits per heavy atom. The van der Waals surface area contributed by atoms with Gasteiger partial charge in [-0.1, -0.05) is 42.8 Å². The Hall–Kier alpha value is -3.48. The zero-order valence-electron chi connectivity index (χ0n) is 16.6. The highest BCUT2D eigenvalue weighted by Crippen LogP contribution is 2.18. The number of nitrogens with zero attached hydrogens (tertiary/aromatic N) is 2. The molecule has 1 aromatic heterocycles. The van der Waals surface area contributed by atoms with Crippen LogP contribution in [0.25, 0.3) is 11.5 Å². The highest BCUT2D eigenvalue weighted by molar-refractivity contribution is 5.95. The molecule has 0 radical (unpaired) electrons. The van der Waals surface area contributed by atoms with Gasteiger partial charge in [0.2, 0.25) is 23.6 Å². The molecule has 0 aliphatic heterocycles. The molecule has 2 N–H and O–H groups in total. The van der Waals surface area contributed by atoms with Crippen molar-refractivity contribution in [3.8, 4) is 11.5 Å². The molecule has 2 aromatic carbocycles. The predicted octanol–water partition coefficient (Wildman–Crippen LogP) is 3.29. The van der Waals surface area contributed by atoms with Gasteiger partial charge in [-0.3, -0.25) is 9.59 Å². The van der Waals surface area contributed by atoms with Gasteiger partial charge in [0.15, 0.2) is 0 Å². The van der Waals surface area contributed by atoms with Crippen molar-refractivity contribution in [3.63, 3.8) is 0 Å². The number of rotatable bonds is 8. The lowest BCUT2D eigenvalue weighted by Gasteiger charge is -2.10. The average Bonchev–Trinajstić information content (AvgIpc) is 3.21. The van der Waals surface area contributed by atoms with E-state index in [1.807, 2.05) is 62.4 Å². The summed E-state index contributed by atoms with van der Waals surface area (Å²) in [4.78, 5) is 24.1. The highest BCUT2D eigenvalue weighted by Gasteiger charge is 2.12. The molecule has 0 unspecified atom stereocenters. The number of carbonyl (C=O) groups excluding carboxylic acids is 2. The predicted molar refractivity (Wildman–Crippen MR) is 110 cm³/mol. The molecule has 0 atom stereocenters. The van der Waals surface area contributed by atoms with Crippen LogP contribution in [-0.4, -0.2) is 28.6 Å². The molecule has 0 aliphatic carbocycles. The fourth-order valence-electron chi connectivity index (χ4n) is 2.80. The first kappa shape index (κ1) is 20.3. The number of carbonyl (C=O) groups is 2. The van der Waals surface area contributed by atoms with E-state index < -0.39 is 0 Å². The monoisotopic (exact) mass is 392 g/mol. The summed E-state index contributed by atoms with van der Waals surface area (Å²) in [5, 5.41) is 13.4. The van der Waals surface area contributed by atoms with Gasteiger partial charge in [-0.25, -0.2) is 0 Å². The van der Waals surface area contributed by atoms with Crippen LogP contribution in [0.15, 0.2) is 52.9 Å². The Morgan fingerprint density at radius 3 is 2.52 bits per heavy atom. The maximum atomic E-state index is 12.1. The summed E-state index contributed by atoms with van der Waals surface area (Å²) >= 11 is 0. The topological polar surface area (TPSA) is 97.1 Å². The van der Waals surface area contributed by atoms with Crippen molar-refractivity contribution in [2.75, 3.05) is 11.9 Å². The van der Waals surface area contributed by atoms with Gasteiger partial charge < -0.3 is 15.1 Å². The van der Waals surface area contributed by atoms with Gasteiger partial charge in [-0.15, -0.1) is 10.2 Å². The molecule has 2 amide bonds. The van der Waals surface area contributed by atoms with Crippen LogP contribution in [0.5, 0.6) is 0 Å². The number of amides is 2. The van der Waals surface area contributed by atoms with E-state index in [0.717, 1.165) is 28.8 Å². The second-order valence-corrected chi connectivity index (χ2v) is 6.70. The van der Waals surface area contributed by atoms with Crippen LogP contribution in [0.1, 0.15) is 30.4 Å². The first-order valence-corrected chi connectivity index (χ1v) is 9.59. The largest absolute Gasteiger partial charge is 0.421 e. The highest BCUT2D eigenvalue weighted by atomic mass is 16.4. The van der Waals surface area contributed by atoms with Gasteiger partial charge in [0.05, 0.1) is 6.54 Å². The van der Waals surface area contributed by atoms with Crippen molar-refractivity contribution in [1.82, 2.24) is 15.5 Å². The number of benzene rings is 2. The molecule has 29 heavy (non-hydrogen) atoms. The van der Waals surface area contributed by atoms with E-state index in [9.17, 15) is 9.59 Å². The quantitative estimate of drug-likeness (QED) is 0.613. The van der Waals surface area contributed by atoms with E-state index >= 15 is 0 Å². The molecule has 7 nitrogen and oxygen atoms in total. The minimum absolute atomic E-state index is 0.0880. The Balaban J connectivity index is 1.44. The van der Waals surface area contributed by atoms with Gasteiger partial charge in [0.1, 0.15) is 0 Å². The van der Waals surface area contributed by atoms with Crippen molar-refractivity contribution in [2.45, 2.75) is 33.1 Å². The fourth-order valence-corrected chi connectivity index (χ4v) is 2.80. The number of aryl methyl sites for hydroxylation is 3. The van der Waals surface area contributed by atoms with E-state index in [4.69, 9.17) is 4.42 Å². The smallest absolute Gasteiger partial charge is 0.247 e. The molecule has 0 saturated heterocycles. The second kappa shape index (κ2) is 9.64. The number of aromatic nitrogens is 2. The van der Waals surface area contributed by atoms with E-state index in [0.29, 0.717) is 18.2 Å². The summed E-state index contributed by atoms with van der Waals surface area (Å²) in [5.74, 6) is 0.295. The van der Waals surface area contributed by atoms with Crippen molar-refractivity contribution in [2.24, 2.45) is 0 Å². The third kappa shape index (κ3) is 5.75. The molecule has 7 heteroatoms. The van der Waals surface area contributed by atoms with E-state index in [1.54, 1.807) is 0 Å². The summed E-state index contributed by atoms with van der Waals surface area (Å²) in [6.07, 6.45) is 1.29. The molecule has 0 bridgehead atoms. The van der Waals surface area contributed by atoms with Crippen molar-refractivity contribution < 1.29 is 14.0 Å². The van der Waals surface area contributed by atoms with E-state index in [1.165, 1.54) is 0 Å². The van der Waals surface area contributed by atoms with Gasteiger partial charge in [0, 0.05) is 24.1 Å². The molecule has 1 heterocycles. The van der Waals surface area contributed by atoms with Crippen molar-refractivity contribution in [3.05, 3.63) is 65.5 Å². The fraction of sp³-hybridized carbons (Fsp3) is 0.273. The van der Waals surface area contributed by atoms with Crippen LogP contribution >= 0.6 is 0 Å². The van der Waals surface area contributed by atoms with Gasteiger partial charge in [-0.2, -0.15) is 0 Å². The summed E-state index contributed by atoms with van der Waals surface area (Å²) < 4.78 is 5.61. The first-order chi connectivity index (χ1) is 14.0. The van der Waals surface area contributed by atoms with Crippen LogP contribution in [0.2, 0.25) is 0 Å². The lowest BCUT2D eigenvalue weighted by atomic mass is 10.1. The number of hydrogen-bond acceptors (Lipinski definition) is 5. The first-order valence-electron chi connectivity index (χ1n) is 9.59. The Bertz CT molecular complexity index is 980. The number of anilines is 1. The molecule has 150 valence electrons. The summed E-state index contributed by atoms with van der Waals surface area (Å²) in [7, 11) is 0. The van der Waals surface area contributed by atoms with E-state index in [2.05, 4.69) is 20.8 Å². The summed E-state index contributed by atoms with van der Waals surface area (Å²) in [5.41, 5.74) is 3.80. The maximum Gasteiger partial charge on any atom is 0.247 e. The van der Waals surface area contributed by atoms with Crippen LogP contribution in [0.3, 0.4) is 0 Å². The molecular weight excluding hydrogens is 368 g/mol. The summed E-state index contributed by atoms with van der Waals surface area (Å²) in [6, 6.07) is 15.4.